The highest BCUT2D eigenvalue weighted by molar-refractivity contribution is 5.10. The van der Waals surface area contributed by atoms with E-state index >= 15 is 0 Å². The average molecular weight is 190 g/mol. The SMILES string of the molecule is CCC(C)(C)[CH]CCc1ccncc1. The van der Waals surface area contributed by atoms with Gasteiger partial charge in [0.15, 0.2) is 0 Å². The summed E-state index contributed by atoms with van der Waals surface area (Å²) in [7, 11) is 0. The molecule has 0 spiro atoms. The fraction of sp³-hybridized carbons (Fsp3) is 0.538. The van der Waals surface area contributed by atoms with Crippen molar-refractivity contribution in [1.29, 1.82) is 0 Å². The molecule has 0 bridgehead atoms. The first-order chi connectivity index (χ1) is 6.64. The van der Waals surface area contributed by atoms with Gasteiger partial charge >= 0.3 is 0 Å². The minimum atomic E-state index is 0.382. The molecule has 1 aromatic heterocycles. The summed E-state index contributed by atoms with van der Waals surface area (Å²) in [6.07, 6.45) is 9.65. The Bertz CT molecular complexity index is 251. The van der Waals surface area contributed by atoms with E-state index in [1.165, 1.54) is 12.0 Å². The van der Waals surface area contributed by atoms with Gasteiger partial charge in [-0.05, 0) is 42.4 Å². The monoisotopic (exact) mass is 190 g/mol. The van der Waals surface area contributed by atoms with Gasteiger partial charge < -0.3 is 0 Å². The highest BCUT2D eigenvalue weighted by atomic mass is 14.6. The minimum absolute atomic E-state index is 0.382. The summed E-state index contributed by atoms with van der Waals surface area (Å²) >= 11 is 0. The van der Waals surface area contributed by atoms with Crippen LogP contribution in [0.2, 0.25) is 0 Å². The Labute approximate surface area is 87.6 Å². The number of aryl methyl sites for hydroxylation is 1. The molecule has 0 fully saturated rings. The van der Waals surface area contributed by atoms with Gasteiger partial charge in [-0.1, -0.05) is 27.2 Å². The summed E-state index contributed by atoms with van der Waals surface area (Å²) in [6, 6.07) is 4.18. The van der Waals surface area contributed by atoms with Crippen molar-refractivity contribution in [1.82, 2.24) is 4.98 Å². The van der Waals surface area contributed by atoms with Crippen LogP contribution in [0.4, 0.5) is 0 Å². The number of nitrogens with zero attached hydrogens (tertiary/aromatic N) is 1. The van der Waals surface area contributed by atoms with Crippen molar-refractivity contribution in [3.63, 3.8) is 0 Å². The molecule has 77 valence electrons. The number of pyridine rings is 1. The van der Waals surface area contributed by atoms with Crippen molar-refractivity contribution < 1.29 is 0 Å². The van der Waals surface area contributed by atoms with Crippen molar-refractivity contribution >= 4 is 0 Å². The number of hydrogen-bond donors (Lipinski definition) is 0. The Balaban J connectivity index is 2.29. The zero-order chi connectivity index (χ0) is 10.4. The zero-order valence-electron chi connectivity index (χ0n) is 9.46. The lowest BCUT2D eigenvalue weighted by molar-refractivity contribution is 0.406. The van der Waals surface area contributed by atoms with Crippen LogP contribution in [0.3, 0.4) is 0 Å². The Morgan fingerprint density at radius 3 is 2.50 bits per heavy atom. The zero-order valence-corrected chi connectivity index (χ0v) is 9.46. The lowest BCUT2D eigenvalue weighted by Gasteiger charge is -2.21. The Morgan fingerprint density at radius 2 is 1.93 bits per heavy atom. The van der Waals surface area contributed by atoms with Crippen LogP contribution in [-0.2, 0) is 6.42 Å². The highest BCUT2D eigenvalue weighted by Crippen LogP contribution is 2.25. The predicted octanol–water partition coefficient (Wildman–Crippen LogP) is 3.65. The van der Waals surface area contributed by atoms with Crippen LogP contribution in [0.1, 0.15) is 39.2 Å². The van der Waals surface area contributed by atoms with Crippen LogP contribution in [0, 0.1) is 11.8 Å². The molecule has 0 atom stereocenters. The van der Waals surface area contributed by atoms with Gasteiger partial charge in [0.25, 0.3) is 0 Å². The molecule has 0 saturated carbocycles. The quantitative estimate of drug-likeness (QED) is 0.690. The molecule has 0 aliphatic carbocycles. The molecule has 1 radical (unpaired) electrons. The van der Waals surface area contributed by atoms with Crippen molar-refractivity contribution in [2.75, 3.05) is 0 Å². The maximum absolute atomic E-state index is 4.01. The molecule has 0 N–H and O–H groups in total. The molecule has 0 amide bonds. The summed E-state index contributed by atoms with van der Waals surface area (Å²) in [5.74, 6) is 0. The molecule has 1 heteroatoms. The summed E-state index contributed by atoms with van der Waals surface area (Å²) in [5.41, 5.74) is 1.76. The van der Waals surface area contributed by atoms with E-state index in [0.29, 0.717) is 5.41 Å². The van der Waals surface area contributed by atoms with Crippen LogP contribution < -0.4 is 0 Å². The first kappa shape index (κ1) is 11.2. The van der Waals surface area contributed by atoms with Gasteiger partial charge in [0.05, 0.1) is 0 Å². The van der Waals surface area contributed by atoms with E-state index in [9.17, 15) is 0 Å². The average Bonchev–Trinajstić information content (AvgIpc) is 2.19. The lowest BCUT2D eigenvalue weighted by Crippen LogP contribution is -2.10. The van der Waals surface area contributed by atoms with E-state index in [0.717, 1.165) is 12.8 Å². The van der Waals surface area contributed by atoms with Crippen molar-refractivity contribution in [3.05, 3.63) is 36.5 Å². The third kappa shape index (κ3) is 3.91. The van der Waals surface area contributed by atoms with Crippen molar-refractivity contribution in [2.24, 2.45) is 5.41 Å². The Kier molecular flexibility index (Phi) is 4.12. The second-order valence-electron chi connectivity index (χ2n) is 4.44. The second-order valence-corrected chi connectivity index (χ2v) is 4.44. The lowest BCUT2D eigenvalue weighted by atomic mass is 9.84. The van der Waals surface area contributed by atoms with Gasteiger partial charge in [-0.3, -0.25) is 4.98 Å². The van der Waals surface area contributed by atoms with Crippen molar-refractivity contribution in [2.45, 2.75) is 40.0 Å². The molecule has 0 aliphatic heterocycles. The Hall–Kier alpha value is -0.850. The van der Waals surface area contributed by atoms with Crippen LogP contribution in [0.15, 0.2) is 24.5 Å². The molecule has 0 saturated heterocycles. The molecular weight excluding hydrogens is 170 g/mol. The first-order valence-corrected chi connectivity index (χ1v) is 5.37. The Morgan fingerprint density at radius 1 is 1.29 bits per heavy atom. The molecule has 1 rings (SSSR count). The summed E-state index contributed by atoms with van der Waals surface area (Å²) in [6.45, 7) is 6.82. The fourth-order valence-corrected chi connectivity index (χ4v) is 1.32. The number of rotatable bonds is 5. The van der Waals surface area contributed by atoms with Crippen molar-refractivity contribution in [3.8, 4) is 0 Å². The van der Waals surface area contributed by atoms with Crippen LogP contribution in [-0.4, -0.2) is 4.98 Å². The molecule has 1 nitrogen and oxygen atoms in total. The summed E-state index contributed by atoms with van der Waals surface area (Å²) in [5, 5.41) is 0. The smallest absolute Gasteiger partial charge is 0.0270 e. The van der Waals surface area contributed by atoms with E-state index in [1.54, 1.807) is 0 Å². The maximum Gasteiger partial charge on any atom is 0.0270 e. The van der Waals surface area contributed by atoms with Gasteiger partial charge in [0, 0.05) is 12.4 Å². The standard InChI is InChI=1S/C13H20N/c1-4-13(2,3)9-5-6-12-7-10-14-11-8-12/h7-11H,4-6H2,1-3H3. The van der Waals surface area contributed by atoms with Gasteiger partial charge in [-0.15, -0.1) is 0 Å². The van der Waals surface area contributed by atoms with E-state index < -0.39 is 0 Å². The highest BCUT2D eigenvalue weighted by Gasteiger charge is 2.14. The largest absolute Gasteiger partial charge is 0.265 e. The van der Waals surface area contributed by atoms with Gasteiger partial charge in [-0.25, -0.2) is 0 Å². The minimum Gasteiger partial charge on any atom is -0.265 e. The van der Waals surface area contributed by atoms with E-state index in [4.69, 9.17) is 0 Å². The first-order valence-electron chi connectivity index (χ1n) is 5.37. The third-order valence-corrected chi connectivity index (χ3v) is 2.79. The normalized spacial score (nSPS) is 11.6. The number of hydrogen-bond acceptors (Lipinski definition) is 1. The molecule has 0 unspecified atom stereocenters. The third-order valence-electron chi connectivity index (χ3n) is 2.79. The van der Waals surface area contributed by atoms with Gasteiger partial charge in [0.1, 0.15) is 0 Å². The van der Waals surface area contributed by atoms with E-state index in [1.807, 2.05) is 12.4 Å². The van der Waals surface area contributed by atoms with Gasteiger partial charge in [-0.2, -0.15) is 0 Å². The summed E-state index contributed by atoms with van der Waals surface area (Å²) in [4.78, 5) is 4.01. The van der Waals surface area contributed by atoms with E-state index in [-0.39, 0.29) is 0 Å². The van der Waals surface area contributed by atoms with Crippen LogP contribution in [0.5, 0.6) is 0 Å². The van der Waals surface area contributed by atoms with Crippen LogP contribution >= 0.6 is 0 Å². The molecular formula is C13H20N. The molecule has 1 aromatic rings. The topological polar surface area (TPSA) is 12.9 Å². The second kappa shape index (κ2) is 5.14. The molecule has 14 heavy (non-hydrogen) atoms. The maximum atomic E-state index is 4.01. The number of aromatic nitrogens is 1. The van der Waals surface area contributed by atoms with Crippen LogP contribution in [0.25, 0.3) is 0 Å². The van der Waals surface area contributed by atoms with E-state index in [2.05, 4.69) is 44.3 Å². The molecule has 1 heterocycles. The van der Waals surface area contributed by atoms with Gasteiger partial charge in [0.2, 0.25) is 0 Å². The summed E-state index contributed by atoms with van der Waals surface area (Å²) < 4.78 is 0. The molecule has 0 aromatic carbocycles. The predicted molar refractivity (Wildman–Crippen MR) is 60.9 cm³/mol. The molecule has 0 aliphatic rings. The fourth-order valence-electron chi connectivity index (χ4n) is 1.32.